The van der Waals surface area contributed by atoms with E-state index in [4.69, 9.17) is 0 Å². The van der Waals surface area contributed by atoms with Gasteiger partial charge in [-0.2, -0.15) is 0 Å². The van der Waals surface area contributed by atoms with Crippen LogP contribution in [-0.4, -0.2) is 27.0 Å². The first-order valence-corrected chi connectivity index (χ1v) is 7.84. The van der Waals surface area contributed by atoms with Crippen LogP contribution in [0.1, 0.15) is 6.92 Å². The molecule has 5 nitrogen and oxygen atoms in total. The monoisotopic (exact) mass is 309 g/mol. The topological polar surface area (TPSA) is 62.3 Å². The average Bonchev–Trinajstić information content (AvgIpc) is 2.48. The molecular weight excluding hydrogens is 293 g/mol. The molecule has 21 heavy (non-hydrogen) atoms. The maximum atomic E-state index is 12.9. The number of benzene rings is 1. The number of pyridine rings is 1. The Morgan fingerprint density at radius 3 is 2.52 bits per heavy atom. The summed E-state index contributed by atoms with van der Waals surface area (Å²) in [6.45, 7) is 2.41. The molecule has 2 aromatic rings. The fourth-order valence-corrected chi connectivity index (χ4v) is 3.15. The first-order chi connectivity index (χ1) is 9.96. The molecule has 0 unspecified atom stereocenters. The Kier molecular flexibility index (Phi) is 4.42. The lowest BCUT2D eigenvalue weighted by Gasteiger charge is -2.20. The summed E-state index contributed by atoms with van der Waals surface area (Å²) in [6, 6.07) is 8.31. The van der Waals surface area contributed by atoms with E-state index in [0.717, 1.165) is 4.31 Å². The fourth-order valence-electron chi connectivity index (χ4n) is 1.84. The van der Waals surface area contributed by atoms with Gasteiger partial charge in [0, 0.05) is 19.8 Å². The molecule has 112 valence electrons. The highest BCUT2D eigenvalue weighted by molar-refractivity contribution is 7.93. The second kappa shape index (κ2) is 6.09. The van der Waals surface area contributed by atoms with Crippen LogP contribution in [0.3, 0.4) is 0 Å². The standard InChI is InChI=1S/C14H16FN3O2S/c1-3-16-14-13(5-4-10-17-14)21(19,20)18(2)12-8-6-11(15)7-9-12/h4-10H,3H2,1-2H3,(H,16,17). The molecule has 0 aliphatic heterocycles. The molecule has 0 radical (unpaired) electrons. The summed E-state index contributed by atoms with van der Waals surface area (Å²) in [5.41, 5.74) is 0.378. The van der Waals surface area contributed by atoms with E-state index in [1.54, 1.807) is 6.07 Å². The predicted octanol–water partition coefficient (Wildman–Crippen LogP) is 2.48. The van der Waals surface area contributed by atoms with E-state index in [1.165, 1.54) is 43.6 Å². The van der Waals surface area contributed by atoms with E-state index in [9.17, 15) is 12.8 Å². The van der Waals surface area contributed by atoms with E-state index >= 15 is 0 Å². The minimum absolute atomic E-state index is 0.0821. The Bertz CT molecular complexity index is 717. The number of halogens is 1. The van der Waals surface area contributed by atoms with Gasteiger partial charge in [0.1, 0.15) is 16.5 Å². The van der Waals surface area contributed by atoms with Gasteiger partial charge < -0.3 is 5.32 Å². The van der Waals surface area contributed by atoms with Crippen LogP contribution < -0.4 is 9.62 Å². The molecule has 0 spiro atoms. The second-order valence-corrected chi connectivity index (χ2v) is 6.27. The highest BCUT2D eigenvalue weighted by Gasteiger charge is 2.24. The number of hydrogen-bond donors (Lipinski definition) is 1. The first kappa shape index (κ1) is 15.2. The lowest BCUT2D eigenvalue weighted by molar-refractivity contribution is 0.594. The number of anilines is 2. The highest BCUT2D eigenvalue weighted by atomic mass is 32.2. The van der Waals surface area contributed by atoms with Crippen LogP contribution in [0.4, 0.5) is 15.9 Å². The van der Waals surface area contributed by atoms with Crippen molar-refractivity contribution in [3.8, 4) is 0 Å². The maximum absolute atomic E-state index is 12.9. The first-order valence-electron chi connectivity index (χ1n) is 6.40. The van der Waals surface area contributed by atoms with Crippen LogP contribution in [0.2, 0.25) is 0 Å². The van der Waals surface area contributed by atoms with Crippen molar-refractivity contribution < 1.29 is 12.8 Å². The van der Waals surface area contributed by atoms with E-state index in [-0.39, 0.29) is 4.90 Å². The minimum Gasteiger partial charge on any atom is -0.369 e. The maximum Gasteiger partial charge on any atom is 0.267 e. The molecule has 0 aliphatic rings. The summed E-state index contributed by atoms with van der Waals surface area (Å²) in [5.74, 6) is -0.117. The number of rotatable bonds is 5. The van der Waals surface area contributed by atoms with Crippen LogP contribution in [0.15, 0.2) is 47.5 Å². The molecule has 1 heterocycles. The zero-order chi connectivity index (χ0) is 15.5. The number of nitrogens with one attached hydrogen (secondary N) is 1. The summed E-state index contributed by atoms with van der Waals surface area (Å²) >= 11 is 0. The molecule has 0 bridgehead atoms. The van der Waals surface area contributed by atoms with E-state index in [2.05, 4.69) is 10.3 Å². The molecule has 0 amide bonds. The lowest BCUT2D eigenvalue weighted by atomic mass is 10.3. The van der Waals surface area contributed by atoms with Crippen molar-refractivity contribution in [3.63, 3.8) is 0 Å². The summed E-state index contributed by atoms with van der Waals surface area (Å²) in [6.07, 6.45) is 1.52. The number of aromatic nitrogens is 1. The van der Waals surface area contributed by atoms with E-state index < -0.39 is 15.8 Å². The Balaban J connectivity index is 2.44. The second-order valence-electron chi connectivity index (χ2n) is 4.33. The van der Waals surface area contributed by atoms with Gasteiger partial charge in [-0.05, 0) is 43.3 Å². The van der Waals surface area contributed by atoms with E-state index in [0.29, 0.717) is 18.1 Å². The van der Waals surface area contributed by atoms with Crippen molar-refractivity contribution in [2.45, 2.75) is 11.8 Å². The Hall–Kier alpha value is -2.15. The summed E-state index contributed by atoms with van der Waals surface area (Å²) in [7, 11) is -2.35. The molecule has 7 heteroatoms. The molecule has 1 N–H and O–H groups in total. The molecule has 0 aliphatic carbocycles. The quantitative estimate of drug-likeness (QED) is 0.921. The Labute approximate surface area is 123 Å². The molecule has 0 saturated carbocycles. The summed E-state index contributed by atoms with van der Waals surface area (Å²) < 4.78 is 39.4. The van der Waals surface area contributed by atoms with Crippen molar-refractivity contribution in [1.29, 1.82) is 0 Å². The van der Waals surface area contributed by atoms with Crippen LogP contribution in [0.5, 0.6) is 0 Å². The van der Waals surface area contributed by atoms with Crippen LogP contribution >= 0.6 is 0 Å². The molecule has 1 aromatic heterocycles. The van der Waals surface area contributed by atoms with Crippen LogP contribution in [0, 0.1) is 5.82 Å². The van der Waals surface area contributed by atoms with E-state index in [1.807, 2.05) is 6.92 Å². The van der Waals surface area contributed by atoms with Crippen LogP contribution in [-0.2, 0) is 10.0 Å². The number of nitrogens with zero attached hydrogens (tertiary/aromatic N) is 2. The predicted molar refractivity (Wildman–Crippen MR) is 80.4 cm³/mol. The third-order valence-corrected chi connectivity index (χ3v) is 4.76. The molecule has 0 saturated heterocycles. The van der Waals surface area contributed by atoms with Crippen LogP contribution in [0.25, 0.3) is 0 Å². The van der Waals surface area contributed by atoms with Gasteiger partial charge in [-0.15, -0.1) is 0 Å². The van der Waals surface area contributed by atoms with Crippen molar-refractivity contribution in [1.82, 2.24) is 4.98 Å². The largest absolute Gasteiger partial charge is 0.369 e. The number of sulfonamides is 1. The Morgan fingerprint density at radius 1 is 1.24 bits per heavy atom. The normalized spacial score (nSPS) is 11.2. The smallest absolute Gasteiger partial charge is 0.267 e. The average molecular weight is 309 g/mol. The fraction of sp³-hybridized carbons (Fsp3) is 0.214. The van der Waals surface area contributed by atoms with Gasteiger partial charge in [0.25, 0.3) is 10.0 Å². The van der Waals surface area contributed by atoms with Crippen molar-refractivity contribution >= 4 is 21.5 Å². The molecule has 0 fully saturated rings. The lowest BCUT2D eigenvalue weighted by Crippen LogP contribution is -2.27. The summed E-state index contributed by atoms with van der Waals surface area (Å²) in [5, 5.41) is 2.92. The molecule has 1 aromatic carbocycles. The van der Waals surface area contributed by atoms with Crippen molar-refractivity contribution in [3.05, 3.63) is 48.4 Å². The van der Waals surface area contributed by atoms with Gasteiger partial charge >= 0.3 is 0 Å². The number of hydrogen-bond acceptors (Lipinski definition) is 4. The molecule has 0 atom stereocenters. The third-order valence-electron chi connectivity index (χ3n) is 2.94. The summed E-state index contributed by atoms with van der Waals surface area (Å²) in [4.78, 5) is 4.13. The van der Waals surface area contributed by atoms with Gasteiger partial charge in [-0.25, -0.2) is 17.8 Å². The third kappa shape index (κ3) is 3.13. The highest BCUT2D eigenvalue weighted by Crippen LogP contribution is 2.25. The molecule has 2 rings (SSSR count). The minimum atomic E-state index is -3.77. The van der Waals surface area contributed by atoms with Gasteiger partial charge in [0.2, 0.25) is 0 Å². The van der Waals surface area contributed by atoms with Gasteiger partial charge in [-0.3, -0.25) is 4.31 Å². The SMILES string of the molecule is CCNc1ncccc1S(=O)(=O)N(C)c1ccc(F)cc1. The van der Waals surface area contributed by atoms with Gasteiger partial charge in [0.15, 0.2) is 0 Å². The van der Waals surface area contributed by atoms with Gasteiger partial charge in [0.05, 0.1) is 5.69 Å². The zero-order valence-corrected chi connectivity index (χ0v) is 12.6. The molecular formula is C14H16FN3O2S. The Morgan fingerprint density at radius 2 is 1.90 bits per heavy atom. The van der Waals surface area contributed by atoms with Crippen molar-refractivity contribution in [2.75, 3.05) is 23.2 Å². The van der Waals surface area contributed by atoms with Gasteiger partial charge in [-0.1, -0.05) is 0 Å². The van der Waals surface area contributed by atoms with Crippen molar-refractivity contribution in [2.24, 2.45) is 0 Å². The zero-order valence-electron chi connectivity index (χ0n) is 11.7.